The molecule has 0 aromatic heterocycles. The van der Waals surface area contributed by atoms with Crippen molar-refractivity contribution in [1.82, 2.24) is 0 Å². The minimum Gasteiger partial charge on any atom is -0.355 e. The first-order valence-corrected chi connectivity index (χ1v) is 9.56. The summed E-state index contributed by atoms with van der Waals surface area (Å²) in [6.07, 6.45) is 0. The van der Waals surface area contributed by atoms with Gasteiger partial charge in [0.2, 0.25) is 0 Å². The minimum atomic E-state index is 1.08. The molecule has 4 aromatic rings. The largest absolute Gasteiger partial charge is 0.355 e. The van der Waals surface area contributed by atoms with Gasteiger partial charge >= 0.3 is 0 Å². The molecule has 28 heavy (non-hydrogen) atoms. The van der Waals surface area contributed by atoms with Gasteiger partial charge in [-0.2, -0.15) is 0 Å². The smallest absolute Gasteiger partial charge is 0.0463 e. The number of nitrogens with zero attached hydrogens (tertiary/aromatic N) is 1. The molecule has 0 atom stereocenters. The molecule has 0 bridgehead atoms. The van der Waals surface area contributed by atoms with E-state index in [1.807, 2.05) is 12.1 Å². The molecule has 4 rings (SSSR count). The van der Waals surface area contributed by atoms with E-state index in [2.05, 4.69) is 115 Å². The van der Waals surface area contributed by atoms with E-state index in [0.29, 0.717) is 0 Å². The van der Waals surface area contributed by atoms with Gasteiger partial charge in [0.05, 0.1) is 0 Å². The van der Waals surface area contributed by atoms with E-state index < -0.39 is 0 Å². The molecule has 0 spiro atoms. The standard InChI is InChI=1S/C26H24N2/c1-20-10-9-15-26(21(20)2)27-22-16-18-25(19-17-22)28(23-11-5-3-6-12-23)24-13-7-4-8-14-24/h3-19,27H,1-2H3. The first-order chi connectivity index (χ1) is 13.7. The number of benzene rings is 4. The number of para-hydroxylation sites is 2. The summed E-state index contributed by atoms with van der Waals surface area (Å²) in [6, 6.07) is 35.9. The highest BCUT2D eigenvalue weighted by molar-refractivity contribution is 5.77. The zero-order valence-corrected chi connectivity index (χ0v) is 16.3. The Morgan fingerprint density at radius 2 is 1.07 bits per heavy atom. The summed E-state index contributed by atoms with van der Waals surface area (Å²) in [4.78, 5) is 2.27. The van der Waals surface area contributed by atoms with E-state index in [1.54, 1.807) is 0 Å². The highest BCUT2D eigenvalue weighted by atomic mass is 15.1. The summed E-state index contributed by atoms with van der Waals surface area (Å²) in [5, 5.41) is 3.54. The Morgan fingerprint density at radius 3 is 1.64 bits per heavy atom. The lowest BCUT2D eigenvalue weighted by Gasteiger charge is -2.25. The Bertz CT molecular complexity index is 999. The van der Waals surface area contributed by atoms with Crippen molar-refractivity contribution in [2.45, 2.75) is 13.8 Å². The van der Waals surface area contributed by atoms with Crippen LogP contribution in [0.4, 0.5) is 28.4 Å². The SMILES string of the molecule is Cc1cccc(Nc2ccc(N(c3ccccc3)c3ccccc3)cc2)c1C. The second-order valence-electron chi connectivity index (χ2n) is 6.93. The summed E-state index contributed by atoms with van der Waals surface area (Å²) in [6.45, 7) is 4.29. The van der Waals surface area contributed by atoms with Crippen LogP contribution in [0.1, 0.15) is 11.1 Å². The van der Waals surface area contributed by atoms with Gasteiger partial charge in [-0.25, -0.2) is 0 Å². The van der Waals surface area contributed by atoms with Crippen LogP contribution in [-0.4, -0.2) is 0 Å². The third-order valence-electron chi connectivity index (χ3n) is 5.04. The van der Waals surface area contributed by atoms with Crippen LogP contribution >= 0.6 is 0 Å². The molecule has 0 saturated carbocycles. The van der Waals surface area contributed by atoms with Crippen molar-refractivity contribution in [3.05, 3.63) is 114 Å². The molecular formula is C26H24N2. The Labute approximate surface area is 167 Å². The van der Waals surface area contributed by atoms with E-state index >= 15 is 0 Å². The van der Waals surface area contributed by atoms with Crippen LogP contribution < -0.4 is 10.2 Å². The van der Waals surface area contributed by atoms with Gasteiger partial charge in [0.25, 0.3) is 0 Å². The molecule has 4 aromatic carbocycles. The molecule has 0 heterocycles. The third-order valence-corrected chi connectivity index (χ3v) is 5.04. The molecule has 138 valence electrons. The zero-order valence-electron chi connectivity index (χ0n) is 16.3. The average Bonchev–Trinajstić information content (AvgIpc) is 2.74. The van der Waals surface area contributed by atoms with E-state index in [1.165, 1.54) is 11.1 Å². The zero-order chi connectivity index (χ0) is 19.3. The number of aryl methyl sites for hydroxylation is 1. The molecule has 0 fully saturated rings. The fourth-order valence-corrected chi connectivity index (χ4v) is 3.34. The van der Waals surface area contributed by atoms with E-state index in [0.717, 1.165) is 28.4 Å². The maximum Gasteiger partial charge on any atom is 0.0463 e. The van der Waals surface area contributed by atoms with Crippen LogP contribution in [0.25, 0.3) is 0 Å². The first kappa shape index (κ1) is 17.9. The molecule has 0 unspecified atom stereocenters. The number of hydrogen-bond acceptors (Lipinski definition) is 2. The van der Waals surface area contributed by atoms with Gasteiger partial charge in [0, 0.05) is 28.4 Å². The van der Waals surface area contributed by atoms with Crippen LogP contribution in [-0.2, 0) is 0 Å². The van der Waals surface area contributed by atoms with Gasteiger partial charge in [0.15, 0.2) is 0 Å². The summed E-state index contributed by atoms with van der Waals surface area (Å²) in [5.74, 6) is 0. The van der Waals surface area contributed by atoms with Crippen LogP contribution in [0, 0.1) is 13.8 Å². The third kappa shape index (κ3) is 3.77. The molecule has 0 amide bonds. The van der Waals surface area contributed by atoms with Gasteiger partial charge in [-0.15, -0.1) is 0 Å². The summed E-state index contributed by atoms with van der Waals surface area (Å²) in [7, 11) is 0. The fraction of sp³-hybridized carbons (Fsp3) is 0.0769. The highest BCUT2D eigenvalue weighted by Crippen LogP contribution is 2.35. The first-order valence-electron chi connectivity index (χ1n) is 9.56. The number of hydrogen-bond donors (Lipinski definition) is 1. The molecule has 2 nitrogen and oxygen atoms in total. The van der Waals surface area contributed by atoms with E-state index in [4.69, 9.17) is 0 Å². The maximum absolute atomic E-state index is 3.54. The van der Waals surface area contributed by atoms with Gasteiger partial charge in [-0.05, 0) is 79.6 Å². The number of anilines is 5. The summed E-state index contributed by atoms with van der Waals surface area (Å²) >= 11 is 0. The van der Waals surface area contributed by atoms with E-state index in [9.17, 15) is 0 Å². The second-order valence-corrected chi connectivity index (χ2v) is 6.93. The molecule has 0 radical (unpaired) electrons. The Morgan fingerprint density at radius 1 is 0.536 bits per heavy atom. The molecule has 1 N–H and O–H groups in total. The van der Waals surface area contributed by atoms with Gasteiger partial charge in [0.1, 0.15) is 0 Å². The molecule has 2 heteroatoms. The quantitative estimate of drug-likeness (QED) is 0.394. The normalized spacial score (nSPS) is 10.5. The second kappa shape index (κ2) is 8.01. The monoisotopic (exact) mass is 364 g/mol. The van der Waals surface area contributed by atoms with E-state index in [-0.39, 0.29) is 0 Å². The van der Waals surface area contributed by atoms with Crippen molar-refractivity contribution < 1.29 is 0 Å². The predicted octanol–water partition coefficient (Wildman–Crippen LogP) is 7.52. The molecule has 0 saturated heterocycles. The summed E-state index contributed by atoms with van der Waals surface area (Å²) in [5.41, 5.74) is 8.22. The number of nitrogens with one attached hydrogen (secondary N) is 1. The molecular weight excluding hydrogens is 340 g/mol. The van der Waals surface area contributed by atoms with Gasteiger partial charge in [-0.3, -0.25) is 0 Å². The summed E-state index contributed by atoms with van der Waals surface area (Å²) < 4.78 is 0. The van der Waals surface area contributed by atoms with Crippen molar-refractivity contribution in [2.75, 3.05) is 10.2 Å². The Hall–Kier alpha value is -3.52. The van der Waals surface area contributed by atoms with Crippen LogP contribution in [0.5, 0.6) is 0 Å². The van der Waals surface area contributed by atoms with Crippen molar-refractivity contribution in [1.29, 1.82) is 0 Å². The number of rotatable bonds is 5. The average molecular weight is 364 g/mol. The topological polar surface area (TPSA) is 15.3 Å². The van der Waals surface area contributed by atoms with Gasteiger partial charge in [-0.1, -0.05) is 48.5 Å². The lowest BCUT2D eigenvalue weighted by Crippen LogP contribution is -2.09. The van der Waals surface area contributed by atoms with Crippen LogP contribution in [0.3, 0.4) is 0 Å². The Balaban J connectivity index is 1.66. The molecule has 0 aliphatic rings. The van der Waals surface area contributed by atoms with Crippen LogP contribution in [0.15, 0.2) is 103 Å². The van der Waals surface area contributed by atoms with Crippen molar-refractivity contribution in [3.8, 4) is 0 Å². The maximum atomic E-state index is 3.54. The minimum absolute atomic E-state index is 1.08. The Kier molecular flexibility index (Phi) is 5.11. The molecule has 0 aliphatic carbocycles. The lowest BCUT2D eigenvalue weighted by molar-refractivity contribution is 1.28. The van der Waals surface area contributed by atoms with Crippen LogP contribution in [0.2, 0.25) is 0 Å². The highest BCUT2D eigenvalue weighted by Gasteiger charge is 2.11. The van der Waals surface area contributed by atoms with Crippen molar-refractivity contribution in [3.63, 3.8) is 0 Å². The van der Waals surface area contributed by atoms with Gasteiger partial charge < -0.3 is 10.2 Å². The lowest BCUT2D eigenvalue weighted by atomic mass is 10.1. The van der Waals surface area contributed by atoms with Crippen molar-refractivity contribution in [2.24, 2.45) is 0 Å². The van der Waals surface area contributed by atoms with Crippen molar-refractivity contribution >= 4 is 28.4 Å². The molecule has 0 aliphatic heterocycles. The fourth-order valence-electron chi connectivity index (χ4n) is 3.34. The predicted molar refractivity (Wildman–Crippen MR) is 120 cm³/mol.